The molecule has 0 unspecified atom stereocenters. The molecule has 1 saturated carbocycles. The highest BCUT2D eigenvalue weighted by Crippen LogP contribution is 2.35. The fourth-order valence-corrected chi connectivity index (χ4v) is 4.62. The van der Waals surface area contributed by atoms with Gasteiger partial charge in [0.2, 0.25) is 0 Å². The van der Waals surface area contributed by atoms with Gasteiger partial charge in [-0.3, -0.25) is 14.3 Å². The van der Waals surface area contributed by atoms with E-state index < -0.39 is 29.9 Å². The minimum atomic E-state index is -2.89. The number of amides is 1. The molecule has 3 aromatic rings. The molecule has 13 heteroatoms. The number of carboxylic acids is 1. The number of hydrogen-bond donors (Lipinski definition) is 2. The summed E-state index contributed by atoms with van der Waals surface area (Å²) in [6.07, 6.45) is 3.46. The van der Waals surface area contributed by atoms with Crippen LogP contribution in [0.15, 0.2) is 24.7 Å². The van der Waals surface area contributed by atoms with Gasteiger partial charge in [-0.15, -0.1) is 0 Å². The first-order chi connectivity index (χ1) is 16.9. The summed E-state index contributed by atoms with van der Waals surface area (Å²) in [5.41, 5.74) is -0.161. The topological polar surface area (TPSA) is 127 Å². The largest absolute Gasteiger partial charge is 0.481 e. The van der Waals surface area contributed by atoms with Gasteiger partial charge in [0.1, 0.15) is 11.4 Å². The van der Waals surface area contributed by atoms with Crippen LogP contribution in [0, 0.1) is 5.92 Å². The normalized spacial score (nSPS) is 20.9. The Morgan fingerprint density at radius 1 is 1.17 bits per heavy atom. The summed E-state index contributed by atoms with van der Waals surface area (Å²) in [5, 5.41) is 19.9. The van der Waals surface area contributed by atoms with Crippen molar-refractivity contribution >= 4 is 29.0 Å². The second-order valence-electron chi connectivity index (χ2n) is 8.72. The van der Waals surface area contributed by atoms with Gasteiger partial charge in [-0.2, -0.15) is 10.2 Å². The summed E-state index contributed by atoms with van der Waals surface area (Å²) in [6.45, 7) is 2.50. The standard InChI is InChI=1S/C22H25F2N7O4/c23-19(24)18-16(12-31(28-18)14-3-1-13(2-4-14)22(33)34)26-21(32)15-11-25-30-6-5-17(27-20(15)30)29-7-9-35-10-8-29/h5-6,11-14,19H,1-4,7-10H2,(H,26,32)(H,33,34)/t13-,14-. The Kier molecular flexibility index (Phi) is 6.32. The Hall–Kier alpha value is -3.61. The van der Waals surface area contributed by atoms with Crippen molar-refractivity contribution in [3.05, 3.63) is 35.9 Å². The molecule has 1 aliphatic carbocycles. The molecule has 4 heterocycles. The highest BCUT2D eigenvalue weighted by molar-refractivity contribution is 6.08. The van der Waals surface area contributed by atoms with E-state index in [1.54, 1.807) is 12.3 Å². The van der Waals surface area contributed by atoms with Crippen LogP contribution < -0.4 is 10.2 Å². The molecule has 5 rings (SSSR count). The third-order valence-electron chi connectivity index (χ3n) is 6.57. The van der Waals surface area contributed by atoms with Crippen LogP contribution in [0.3, 0.4) is 0 Å². The quantitative estimate of drug-likeness (QED) is 0.541. The second-order valence-corrected chi connectivity index (χ2v) is 8.72. The van der Waals surface area contributed by atoms with Crippen molar-refractivity contribution in [2.45, 2.75) is 38.2 Å². The summed E-state index contributed by atoms with van der Waals surface area (Å²) in [5.74, 6) is -1.22. The number of carbonyl (C=O) groups is 2. The van der Waals surface area contributed by atoms with Crippen molar-refractivity contribution in [2.75, 3.05) is 36.5 Å². The van der Waals surface area contributed by atoms with Gasteiger partial charge in [0.15, 0.2) is 11.3 Å². The molecule has 3 aromatic heterocycles. The molecule has 186 valence electrons. The fourth-order valence-electron chi connectivity index (χ4n) is 4.62. The smallest absolute Gasteiger partial charge is 0.306 e. The van der Waals surface area contributed by atoms with Crippen LogP contribution >= 0.6 is 0 Å². The lowest BCUT2D eigenvalue weighted by molar-refractivity contribution is -0.143. The van der Waals surface area contributed by atoms with E-state index in [1.807, 2.05) is 4.90 Å². The van der Waals surface area contributed by atoms with Crippen molar-refractivity contribution < 1.29 is 28.2 Å². The Balaban J connectivity index is 1.37. The molecule has 2 fully saturated rings. The number of ether oxygens (including phenoxy) is 1. The van der Waals surface area contributed by atoms with Crippen LogP contribution in [-0.4, -0.2) is 67.7 Å². The molecule has 2 aliphatic rings. The molecular formula is C22H25F2N7O4. The van der Waals surface area contributed by atoms with Gasteiger partial charge in [-0.25, -0.2) is 18.3 Å². The number of alkyl halides is 2. The van der Waals surface area contributed by atoms with E-state index >= 15 is 0 Å². The van der Waals surface area contributed by atoms with Crippen molar-refractivity contribution in [1.82, 2.24) is 24.4 Å². The van der Waals surface area contributed by atoms with Crippen LogP contribution in [0.25, 0.3) is 5.65 Å². The number of anilines is 2. The molecule has 11 nitrogen and oxygen atoms in total. The molecule has 1 aliphatic heterocycles. The van der Waals surface area contributed by atoms with Crippen molar-refractivity contribution in [1.29, 1.82) is 0 Å². The van der Waals surface area contributed by atoms with E-state index in [0.717, 1.165) is 0 Å². The number of morpholine rings is 1. The predicted molar refractivity (Wildman–Crippen MR) is 120 cm³/mol. The van der Waals surface area contributed by atoms with Crippen molar-refractivity contribution in [2.24, 2.45) is 5.92 Å². The van der Waals surface area contributed by atoms with Gasteiger partial charge in [-0.05, 0) is 31.7 Å². The molecule has 35 heavy (non-hydrogen) atoms. The molecular weight excluding hydrogens is 464 g/mol. The molecule has 0 bridgehead atoms. The second kappa shape index (κ2) is 9.56. The van der Waals surface area contributed by atoms with E-state index in [-0.39, 0.29) is 17.3 Å². The first-order valence-electron chi connectivity index (χ1n) is 11.5. The number of rotatable bonds is 6. The molecule has 0 spiro atoms. The fraction of sp³-hybridized carbons (Fsp3) is 0.500. The maximum absolute atomic E-state index is 13.7. The summed E-state index contributed by atoms with van der Waals surface area (Å²) in [6, 6.07) is 1.59. The number of carbonyl (C=O) groups excluding carboxylic acids is 1. The van der Waals surface area contributed by atoms with Gasteiger partial charge in [-0.1, -0.05) is 0 Å². The summed E-state index contributed by atoms with van der Waals surface area (Å²) < 4.78 is 35.7. The van der Waals surface area contributed by atoms with Crippen LogP contribution in [0.2, 0.25) is 0 Å². The summed E-state index contributed by atoms with van der Waals surface area (Å²) >= 11 is 0. The highest BCUT2D eigenvalue weighted by atomic mass is 19.3. The zero-order valence-corrected chi connectivity index (χ0v) is 18.8. The zero-order chi connectivity index (χ0) is 24.5. The number of aromatic nitrogens is 5. The third-order valence-corrected chi connectivity index (χ3v) is 6.57. The predicted octanol–water partition coefficient (Wildman–Crippen LogP) is 2.77. The average molecular weight is 489 g/mol. The summed E-state index contributed by atoms with van der Waals surface area (Å²) in [4.78, 5) is 30.9. The Labute approximate surface area is 198 Å². The van der Waals surface area contributed by atoms with Gasteiger partial charge in [0.25, 0.3) is 12.3 Å². The lowest BCUT2D eigenvalue weighted by Gasteiger charge is -2.27. The molecule has 2 N–H and O–H groups in total. The summed E-state index contributed by atoms with van der Waals surface area (Å²) in [7, 11) is 0. The average Bonchev–Trinajstić information content (AvgIpc) is 3.49. The zero-order valence-electron chi connectivity index (χ0n) is 18.8. The van der Waals surface area contributed by atoms with E-state index in [9.17, 15) is 23.5 Å². The van der Waals surface area contributed by atoms with Crippen molar-refractivity contribution in [3.8, 4) is 0 Å². The Bertz CT molecular complexity index is 1230. The Morgan fingerprint density at radius 2 is 1.91 bits per heavy atom. The molecule has 1 amide bonds. The van der Waals surface area contributed by atoms with E-state index in [2.05, 4.69) is 20.5 Å². The third kappa shape index (κ3) is 4.67. The SMILES string of the molecule is O=C(Nc1cn([C@H]2CC[C@H](C(=O)O)CC2)nc1C(F)F)c1cnn2ccc(N3CCOCC3)nc12. The van der Waals surface area contributed by atoms with Gasteiger partial charge < -0.3 is 20.1 Å². The molecule has 0 atom stereocenters. The Morgan fingerprint density at radius 3 is 2.60 bits per heavy atom. The number of hydrogen-bond acceptors (Lipinski definition) is 7. The monoisotopic (exact) mass is 489 g/mol. The lowest BCUT2D eigenvalue weighted by Crippen LogP contribution is -2.36. The van der Waals surface area contributed by atoms with Crippen LogP contribution in [0.5, 0.6) is 0 Å². The van der Waals surface area contributed by atoms with Crippen LogP contribution in [0.4, 0.5) is 20.3 Å². The van der Waals surface area contributed by atoms with Crippen LogP contribution in [-0.2, 0) is 9.53 Å². The van der Waals surface area contributed by atoms with E-state index in [4.69, 9.17) is 4.74 Å². The minimum Gasteiger partial charge on any atom is -0.481 e. The number of halogens is 2. The molecule has 0 radical (unpaired) electrons. The van der Waals surface area contributed by atoms with Gasteiger partial charge in [0.05, 0.1) is 37.1 Å². The number of carboxylic acid groups (broad SMARTS) is 1. The highest BCUT2D eigenvalue weighted by Gasteiger charge is 2.30. The molecule has 0 aromatic carbocycles. The van der Waals surface area contributed by atoms with Crippen molar-refractivity contribution in [3.63, 3.8) is 0 Å². The maximum atomic E-state index is 13.7. The van der Waals surface area contributed by atoms with Gasteiger partial charge >= 0.3 is 5.97 Å². The number of fused-ring (bicyclic) bond motifs is 1. The minimum absolute atomic E-state index is 0.0889. The molecule has 1 saturated heterocycles. The van der Waals surface area contributed by atoms with Crippen LogP contribution in [0.1, 0.15) is 54.2 Å². The number of nitrogens with zero attached hydrogens (tertiary/aromatic N) is 6. The van der Waals surface area contributed by atoms with E-state index in [0.29, 0.717) is 63.5 Å². The van der Waals surface area contributed by atoms with E-state index in [1.165, 1.54) is 21.6 Å². The first kappa shape index (κ1) is 23.1. The lowest BCUT2D eigenvalue weighted by atomic mass is 9.86. The van der Waals surface area contributed by atoms with Gasteiger partial charge in [0, 0.05) is 25.5 Å². The first-order valence-corrected chi connectivity index (χ1v) is 11.5. The maximum Gasteiger partial charge on any atom is 0.306 e. The number of aliphatic carboxylic acids is 1. The number of nitrogens with one attached hydrogen (secondary N) is 1.